The van der Waals surface area contributed by atoms with Crippen molar-refractivity contribution in [3.05, 3.63) is 42.5 Å². The van der Waals surface area contributed by atoms with E-state index >= 15 is 0 Å². The second-order valence-electron chi connectivity index (χ2n) is 6.95. The van der Waals surface area contributed by atoms with Crippen LogP contribution < -0.4 is 5.46 Å². The molecule has 0 radical (unpaired) electrons. The Hall–Kier alpha value is -0.875. The lowest BCUT2D eigenvalue weighted by molar-refractivity contribution is 0.00578. The van der Waals surface area contributed by atoms with Gasteiger partial charge in [-0.15, -0.1) is 0 Å². The van der Waals surface area contributed by atoms with Gasteiger partial charge < -0.3 is 9.31 Å². The van der Waals surface area contributed by atoms with Crippen LogP contribution in [0.25, 0.3) is 0 Å². The fourth-order valence-corrected chi connectivity index (χ4v) is 4.93. The van der Waals surface area contributed by atoms with Gasteiger partial charge in [-0.25, -0.2) is 0 Å². The summed E-state index contributed by atoms with van der Waals surface area (Å²) < 4.78 is 12.3. The maximum absolute atomic E-state index is 6.17. The Morgan fingerprint density at radius 1 is 0.739 bits per heavy atom. The van der Waals surface area contributed by atoms with Gasteiger partial charge in [0.1, 0.15) is 0 Å². The topological polar surface area (TPSA) is 18.5 Å². The molecule has 2 aliphatic rings. The van der Waals surface area contributed by atoms with Gasteiger partial charge >= 0.3 is 7.12 Å². The smallest absolute Gasteiger partial charge is 0.399 e. The van der Waals surface area contributed by atoms with E-state index in [1.54, 1.807) is 0 Å². The van der Waals surface area contributed by atoms with Crippen LogP contribution in [0, 0.1) is 0 Å². The summed E-state index contributed by atoms with van der Waals surface area (Å²) in [4.78, 5) is 5.22. The molecule has 1 fully saturated rings. The minimum absolute atomic E-state index is 0.298. The van der Waals surface area contributed by atoms with E-state index in [1.807, 2.05) is 23.5 Å². The minimum Gasteiger partial charge on any atom is -0.399 e. The third-order valence-electron chi connectivity index (χ3n) is 4.78. The molecule has 0 unspecified atom stereocenters. The summed E-state index contributed by atoms with van der Waals surface area (Å²) in [6.45, 7) is 8.36. The van der Waals surface area contributed by atoms with Crippen LogP contribution >= 0.6 is 23.5 Å². The molecule has 0 N–H and O–H groups in total. The monoisotopic (exact) mass is 342 g/mol. The average Bonchev–Trinajstić information content (AvgIpc) is 2.73. The lowest BCUT2D eigenvalue weighted by Crippen LogP contribution is -2.41. The molecule has 2 nitrogen and oxygen atoms in total. The first-order chi connectivity index (χ1) is 10.9. The van der Waals surface area contributed by atoms with Crippen LogP contribution in [0.1, 0.15) is 27.7 Å². The average molecular weight is 342 g/mol. The van der Waals surface area contributed by atoms with Crippen molar-refractivity contribution in [3.63, 3.8) is 0 Å². The number of rotatable bonds is 1. The van der Waals surface area contributed by atoms with E-state index in [0.717, 1.165) is 5.46 Å². The van der Waals surface area contributed by atoms with Gasteiger partial charge in [0, 0.05) is 19.6 Å². The molecule has 0 atom stereocenters. The molecule has 0 aliphatic carbocycles. The second-order valence-corrected chi connectivity index (χ2v) is 9.11. The number of benzene rings is 2. The SMILES string of the molecule is CC1(C)OB(c2ccc3c(c2)Sc2ccccc2S3)OC1(C)C. The zero-order valence-electron chi connectivity index (χ0n) is 13.8. The fourth-order valence-electron chi connectivity index (χ4n) is 2.67. The normalized spacial score (nSPS) is 21.0. The molecule has 0 spiro atoms. The molecule has 1 saturated heterocycles. The summed E-state index contributed by atoms with van der Waals surface area (Å²) in [5.41, 5.74) is 0.485. The highest BCUT2D eigenvalue weighted by molar-refractivity contribution is 8.05. The first kappa shape index (κ1) is 15.6. The Morgan fingerprint density at radius 2 is 1.26 bits per heavy atom. The van der Waals surface area contributed by atoms with E-state index in [9.17, 15) is 0 Å². The standard InChI is InChI=1S/C18H19BO2S2/c1-17(2)18(3,4)21-19(20-17)12-9-10-15-16(11-12)23-14-8-6-5-7-13(14)22-15/h5-11H,1-4H3. The molecule has 2 aromatic rings. The summed E-state index contributed by atoms with van der Waals surface area (Å²) in [5, 5.41) is 0. The van der Waals surface area contributed by atoms with Gasteiger partial charge in [0.05, 0.1) is 11.2 Å². The van der Waals surface area contributed by atoms with E-state index < -0.39 is 0 Å². The summed E-state index contributed by atoms with van der Waals surface area (Å²) in [6.07, 6.45) is 0. The predicted molar refractivity (Wildman–Crippen MR) is 96.8 cm³/mol. The third-order valence-corrected chi connectivity index (χ3v) is 7.33. The van der Waals surface area contributed by atoms with Gasteiger partial charge in [-0.05, 0) is 57.4 Å². The van der Waals surface area contributed by atoms with Crippen molar-refractivity contribution in [2.45, 2.75) is 58.5 Å². The molecule has 5 heteroatoms. The maximum Gasteiger partial charge on any atom is 0.494 e. The van der Waals surface area contributed by atoms with Gasteiger partial charge in [-0.3, -0.25) is 0 Å². The molecule has 0 saturated carbocycles. The number of fused-ring (bicyclic) bond motifs is 2. The lowest BCUT2D eigenvalue weighted by Gasteiger charge is -2.32. The largest absolute Gasteiger partial charge is 0.494 e. The molecule has 2 heterocycles. The molecule has 0 amide bonds. The van der Waals surface area contributed by atoms with Crippen LogP contribution in [-0.2, 0) is 9.31 Å². The zero-order valence-corrected chi connectivity index (χ0v) is 15.4. The van der Waals surface area contributed by atoms with Gasteiger partial charge in [0.25, 0.3) is 0 Å². The van der Waals surface area contributed by atoms with E-state index in [2.05, 4.69) is 70.2 Å². The molecule has 118 valence electrons. The fraction of sp³-hybridized carbons (Fsp3) is 0.333. The highest BCUT2D eigenvalue weighted by Crippen LogP contribution is 2.48. The zero-order chi connectivity index (χ0) is 16.2. The Labute approximate surface area is 146 Å². The first-order valence-corrected chi connectivity index (χ1v) is 9.43. The molecule has 2 aliphatic heterocycles. The van der Waals surface area contributed by atoms with Crippen molar-refractivity contribution in [1.82, 2.24) is 0 Å². The van der Waals surface area contributed by atoms with Crippen LogP contribution in [0.3, 0.4) is 0 Å². The van der Waals surface area contributed by atoms with E-state index in [1.165, 1.54) is 19.6 Å². The van der Waals surface area contributed by atoms with Crippen molar-refractivity contribution in [1.29, 1.82) is 0 Å². The van der Waals surface area contributed by atoms with Crippen molar-refractivity contribution in [2.75, 3.05) is 0 Å². The van der Waals surface area contributed by atoms with Crippen LogP contribution in [0.4, 0.5) is 0 Å². The minimum atomic E-state index is -0.304. The van der Waals surface area contributed by atoms with E-state index in [4.69, 9.17) is 9.31 Å². The van der Waals surface area contributed by atoms with E-state index in [0.29, 0.717) is 0 Å². The summed E-state index contributed by atoms with van der Waals surface area (Å²) in [7, 11) is -0.298. The maximum atomic E-state index is 6.17. The second kappa shape index (κ2) is 5.31. The Kier molecular flexibility index (Phi) is 3.61. The van der Waals surface area contributed by atoms with Crippen LogP contribution in [0.5, 0.6) is 0 Å². The van der Waals surface area contributed by atoms with Crippen molar-refractivity contribution < 1.29 is 9.31 Å². The molecule has 2 aromatic carbocycles. The Bertz CT molecular complexity index is 757. The lowest BCUT2D eigenvalue weighted by atomic mass is 9.79. The Balaban J connectivity index is 1.65. The highest BCUT2D eigenvalue weighted by Gasteiger charge is 2.51. The highest BCUT2D eigenvalue weighted by atomic mass is 32.2. The van der Waals surface area contributed by atoms with Crippen LogP contribution in [-0.4, -0.2) is 18.3 Å². The van der Waals surface area contributed by atoms with Crippen molar-refractivity contribution in [3.8, 4) is 0 Å². The molecule has 4 rings (SSSR count). The summed E-state index contributed by atoms with van der Waals surface area (Å²) in [5.74, 6) is 0. The predicted octanol–water partition coefficient (Wildman–Crippen LogP) is 4.60. The molecule has 0 bridgehead atoms. The molecule has 23 heavy (non-hydrogen) atoms. The molecular weight excluding hydrogens is 323 g/mol. The van der Waals surface area contributed by atoms with Gasteiger partial charge in [0.15, 0.2) is 0 Å². The Morgan fingerprint density at radius 3 is 1.87 bits per heavy atom. The summed E-state index contributed by atoms with van der Waals surface area (Å²) >= 11 is 3.65. The number of hydrogen-bond acceptors (Lipinski definition) is 4. The van der Waals surface area contributed by atoms with Crippen molar-refractivity contribution >= 4 is 36.1 Å². The summed E-state index contributed by atoms with van der Waals surface area (Å²) in [6, 6.07) is 15.1. The van der Waals surface area contributed by atoms with Crippen LogP contribution in [0.15, 0.2) is 62.0 Å². The van der Waals surface area contributed by atoms with Gasteiger partial charge in [0.2, 0.25) is 0 Å². The van der Waals surface area contributed by atoms with Gasteiger partial charge in [-0.1, -0.05) is 41.7 Å². The molecular formula is C18H19BO2S2. The number of hydrogen-bond donors (Lipinski definition) is 0. The quantitative estimate of drug-likeness (QED) is 0.601. The molecule has 0 aromatic heterocycles. The first-order valence-electron chi connectivity index (χ1n) is 7.80. The van der Waals surface area contributed by atoms with Gasteiger partial charge in [-0.2, -0.15) is 0 Å². The third kappa shape index (κ3) is 2.64. The van der Waals surface area contributed by atoms with E-state index in [-0.39, 0.29) is 18.3 Å². The van der Waals surface area contributed by atoms with Crippen LogP contribution in [0.2, 0.25) is 0 Å². The van der Waals surface area contributed by atoms with Crippen molar-refractivity contribution in [2.24, 2.45) is 0 Å².